The first kappa shape index (κ1) is 19.7. The minimum Gasteiger partial charge on any atom is -0.379 e. The van der Waals surface area contributed by atoms with Gasteiger partial charge in [0.05, 0.1) is 13.2 Å². The van der Waals surface area contributed by atoms with Crippen molar-refractivity contribution in [2.75, 3.05) is 26.3 Å². The average Bonchev–Trinajstić information content (AvgIpc) is 3.02. The van der Waals surface area contributed by atoms with Crippen molar-refractivity contribution in [3.8, 4) is 0 Å². The molecule has 0 bridgehead atoms. The Morgan fingerprint density at radius 2 is 2.12 bits per heavy atom. The zero-order chi connectivity index (χ0) is 16.3. The average molecular weight is 353 g/mol. The number of nitrogens with one attached hydrogen (secondary N) is 2. The Morgan fingerprint density at radius 3 is 2.83 bits per heavy atom. The Bertz CT molecular complexity index is 514. The van der Waals surface area contributed by atoms with Crippen molar-refractivity contribution in [1.29, 1.82) is 0 Å². The molecular weight excluding hydrogens is 320 g/mol. The quantitative estimate of drug-likeness (QED) is 0.851. The third kappa shape index (κ3) is 4.72. The Hall–Kier alpha value is -0.610. The van der Waals surface area contributed by atoms with Crippen LogP contribution < -0.4 is 10.6 Å². The van der Waals surface area contributed by atoms with E-state index >= 15 is 0 Å². The van der Waals surface area contributed by atoms with E-state index in [4.69, 9.17) is 4.74 Å². The molecule has 3 unspecified atom stereocenters. The fraction of sp³-hybridized carbons (Fsp3) is 0.700. The molecule has 2 aliphatic rings. The molecule has 0 spiro atoms. The predicted molar refractivity (Wildman–Crippen MR) is 103 cm³/mol. The molecule has 24 heavy (non-hydrogen) atoms. The highest BCUT2D eigenvalue weighted by Gasteiger charge is 2.35. The van der Waals surface area contributed by atoms with E-state index in [1.165, 1.54) is 30.4 Å². The SMILES string of the molecule is Cc1cccc(C(C)(C)CNC2CCCC2C2COCCN2)c1.Cl. The number of ether oxygens (including phenoxy) is 1. The first-order valence-electron chi connectivity index (χ1n) is 9.18. The Morgan fingerprint density at radius 1 is 1.29 bits per heavy atom. The van der Waals surface area contributed by atoms with Crippen LogP contribution in [0.25, 0.3) is 0 Å². The highest BCUT2D eigenvalue weighted by atomic mass is 35.5. The van der Waals surface area contributed by atoms with E-state index in [9.17, 15) is 0 Å². The standard InChI is InChI=1S/C20H32N2O.ClH/c1-15-6-4-7-16(12-15)20(2,3)14-22-18-9-5-8-17(18)19-13-23-11-10-21-19;/h4,6-7,12,17-19,21-22H,5,8-11,13-14H2,1-3H3;1H. The van der Waals surface area contributed by atoms with Crippen molar-refractivity contribution in [3.05, 3.63) is 35.4 Å². The maximum absolute atomic E-state index is 5.68. The lowest BCUT2D eigenvalue weighted by Gasteiger charge is -2.35. The van der Waals surface area contributed by atoms with Crippen LogP contribution in [-0.2, 0) is 10.2 Å². The van der Waals surface area contributed by atoms with Crippen LogP contribution in [0.1, 0.15) is 44.2 Å². The minimum atomic E-state index is 0. The molecule has 1 aromatic carbocycles. The molecule has 2 N–H and O–H groups in total. The molecule has 0 radical (unpaired) electrons. The fourth-order valence-corrected chi connectivity index (χ4v) is 4.14. The molecule has 4 heteroatoms. The fourth-order valence-electron chi connectivity index (χ4n) is 4.14. The molecule has 1 saturated heterocycles. The first-order valence-corrected chi connectivity index (χ1v) is 9.18. The summed E-state index contributed by atoms with van der Waals surface area (Å²) in [6.45, 7) is 10.6. The van der Waals surface area contributed by atoms with Crippen LogP contribution in [0.3, 0.4) is 0 Å². The van der Waals surface area contributed by atoms with Gasteiger partial charge in [-0.1, -0.05) is 50.1 Å². The minimum absolute atomic E-state index is 0. The maximum atomic E-state index is 5.68. The molecule has 1 aliphatic heterocycles. The molecule has 1 saturated carbocycles. The van der Waals surface area contributed by atoms with Gasteiger partial charge in [0.1, 0.15) is 0 Å². The lowest BCUT2D eigenvalue weighted by Crippen LogP contribution is -2.52. The molecule has 3 rings (SSSR count). The van der Waals surface area contributed by atoms with E-state index in [0.717, 1.165) is 26.3 Å². The van der Waals surface area contributed by atoms with Gasteiger partial charge < -0.3 is 15.4 Å². The summed E-state index contributed by atoms with van der Waals surface area (Å²) in [6.07, 6.45) is 3.96. The molecule has 136 valence electrons. The van der Waals surface area contributed by atoms with E-state index < -0.39 is 0 Å². The summed E-state index contributed by atoms with van der Waals surface area (Å²) >= 11 is 0. The Kier molecular flexibility index (Phi) is 7.11. The zero-order valence-corrected chi connectivity index (χ0v) is 16.1. The molecule has 1 aromatic rings. The number of hydrogen-bond donors (Lipinski definition) is 2. The van der Waals surface area contributed by atoms with Crippen LogP contribution in [-0.4, -0.2) is 38.4 Å². The third-order valence-corrected chi connectivity index (χ3v) is 5.64. The summed E-state index contributed by atoms with van der Waals surface area (Å²) in [5, 5.41) is 7.55. The summed E-state index contributed by atoms with van der Waals surface area (Å²) in [6, 6.07) is 10.1. The lowest BCUT2D eigenvalue weighted by atomic mass is 9.83. The smallest absolute Gasteiger partial charge is 0.0623 e. The van der Waals surface area contributed by atoms with Crippen LogP contribution in [0.4, 0.5) is 0 Å². The summed E-state index contributed by atoms with van der Waals surface area (Å²) in [5.41, 5.74) is 2.94. The Balaban J connectivity index is 0.00000208. The predicted octanol–water partition coefficient (Wildman–Crippen LogP) is 3.44. The third-order valence-electron chi connectivity index (χ3n) is 5.64. The van der Waals surface area contributed by atoms with Gasteiger partial charge >= 0.3 is 0 Å². The van der Waals surface area contributed by atoms with Crippen LogP contribution >= 0.6 is 12.4 Å². The van der Waals surface area contributed by atoms with Gasteiger partial charge in [0.2, 0.25) is 0 Å². The summed E-state index contributed by atoms with van der Waals surface area (Å²) < 4.78 is 5.68. The second kappa shape index (κ2) is 8.66. The van der Waals surface area contributed by atoms with Crippen LogP contribution in [0.2, 0.25) is 0 Å². The van der Waals surface area contributed by atoms with Crippen molar-refractivity contribution < 1.29 is 4.74 Å². The largest absolute Gasteiger partial charge is 0.379 e. The molecule has 3 atom stereocenters. The van der Waals surface area contributed by atoms with Gasteiger partial charge in [-0.2, -0.15) is 0 Å². The number of hydrogen-bond acceptors (Lipinski definition) is 3. The lowest BCUT2D eigenvalue weighted by molar-refractivity contribution is 0.0522. The van der Waals surface area contributed by atoms with Gasteiger partial charge in [0, 0.05) is 30.6 Å². The number of rotatable bonds is 5. The molecule has 2 fully saturated rings. The van der Waals surface area contributed by atoms with E-state index in [0.29, 0.717) is 18.0 Å². The van der Waals surface area contributed by atoms with Crippen molar-refractivity contribution in [2.45, 2.75) is 57.5 Å². The summed E-state index contributed by atoms with van der Waals surface area (Å²) in [4.78, 5) is 0. The highest BCUT2D eigenvalue weighted by Crippen LogP contribution is 2.31. The van der Waals surface area contributed by atoms with Gasteiger partial charge in [0.15, 0.2) is 0 Å². The monoisotopic (exact) mass is 352 g/mol. The number of aryl methyl sites for hydroxylation is 1. The Labute approximate surface area is 153 Å². The molecule has 0 amide bonds. The normalized spacial score (nSPS) is 27.7. The summed E-state index contributed by atoms with van der Waals surface area (Å²) in [5.74, 6) is 0.712. The molecule has 0 aromatic heterocycles. The van der Waals surface area contributed by atoms with Gasteiger partial charge in [-0.3, -0.25) is 0 Å². The van der Waals surface area contributed by atoms with E-state index in [-0.39, 0.29) is 17.8 Å². The summed E-state index contributed by atoms with van der Waals surface area (Å²) in [7, 11) is 0. The van der Waals surface area contributed by atoms with Crippen LogP contribution in [0.5, 0.6) is 0 Å². The van der Waals surface area contributed by atoms with Crippen molar-refractivity contribution in [1.82, 2.24) is 10.6 Å². The van der Waals surface area contributed by atoms with Crippen LogP contribution in [0.15, 0.2) is 24.3 Å². The second-order valence-electron chi connectivity index (χ2n) is 7.97. The van der Waals surface area contributed by atoms with Gasteiger partial charge in [0.25, 0.3) is 0 Å². The van der Waals surface area contributed by atoms with Gasteiger partial charge in [-0.15, -0.1) is 12.4 Å². The first-order chi connectivity index (χ1) is 11.1. The van der Waals surface area contributed by atoms with E-state index in [1.807, 2.05) is 0 Å². The van der Waals surface area contributed by atoms with Gasteiger partial charge in [-0.05, 0) is 31.2 Å². The highest BCUT2D eigenvalue weighted by molar-refractivity contribution is 5.85. The maximum Gasteiger partial charge on any atom is 0.0623 e. The molecular formula is C20H33ClN2O. The van der Waals surface area contributed by atoms with Crippen molar-refractivity contribution in [2.24, 2.45) is 5.92 Å². The molecule has 1 aliphatic carbocycles. The number of morpholine rings is 1. The molecule has 3 nitrogen and oxygen atoms in total. The van der Waals surface area contributed by atoms with E-state index in [2.05, 4.69) is 55.7 Å². The van der Waals surface area contributed by atoms with Crippen molar-refractivity contribution in [3.63, 3.8) is 0 Å². The second-order valence-corrected chi connectivity index (χ2v) is 7.97. The van der Waals surface area contributed by atoms with E-state index in [1.54, 1.807) is 0 Å². The zero-order valence-electron chi connectivity index (χ0n) is 15.3. The molecule has 1 heterocycles. The topological polar surface area (TPSA) is 33.3 Å². The number of halogens is 1. The van der Waals surface area contributed by atoms with Crippen LogP contribution in [0, 0.1) is 12.8 Å². The van der Waals surface area contributed by atoms with Gasteiger partial charge in [-0.25, -0.2) is 0 Å². The number of benzene rings is 1. The van der Waals surface area contributed by atoms with Crippen molar-refractivity contribution >= 4 is 12.4 Å².